The van der Waals surface area contributed by atoms with E-state index in [1.807, 2.05) is 6.92 Å². The van der Waals surface area contributed by atoms with Crippen molar-refractivity contribution >= 4 is 5.78 Å². The number of allylic oxidation sites excluding steroid dienone is 4. The molecule has 0 aromatic heterocycles. The smallest absolute Gasteiger partial charge is 0.180 e. The van der Waals surface area contributed by atoms with Gasteiger partial charge in [0.2, 0.25) is 0 Å². The first kappa shape index (κ1) is 16.5. The molecule has 1 nitrogen and oxygen atoms in total. The highest BCUT2D eigenvalue weighted by Crippen LogP contribution is 2.54. The molecule has 0 N–H and O–H groups in total. The number of carbonyl (C=O) groups excluding carboxylic acids is 1. The zero-order valence-corrected chi connectivity index (χ0v) is 14.5. The van der Waals surface area contributed by atoms with Crippen molar-refractivity contribution in [3.05, 3.63) is 23.8 Å². The summed E-state index contributed by atoms with van der Waals surface area (Å²) in [6, 6.07) is 0. The zero-order valence-electron chi connectivity index (χ0n) is 14.5. The maximum atomic E-state index is 12.1. The van der Waals surface area contributed by atoms with E-state index >= 15 is 0 Å². The molecule has 0 radical (unpaired) electrons. The van der Waals surface area contributed by atoms with Crippen LogP contribution in [0, 0.1) is 29.1 Å². The van der Waals surface area contributed by atoms with Gasteiger partial charge in [0.25, 0.3) is 0 Å². The second-order valence-corrected chi connectivity index (χ2v) is 8.08. The molecule has 0 spiro atoms. The predicted octanol–water partition coefficient (Wildman–Crippen LogP) is 5.57. The highest BCUT2D eigenvalue weighted by atomic mass is 16.1. The average Bonchev–Trinajstić information content (AvgIpc) is 2.76. The minimum absolute atomic E-state index is 0.197. The van der Waals surface area contributed by atoms with Crippen LogP contribution in [0.15, 0.2) is 23.8 Å². The number of carbonyl (C=O) groups is 1. The van der Waals surface area contributed by atoms with Crippen molar-refractivity contribution in [2.45, 2.75) is 66.7 Å². The third-order valence-electron chi connectivity index (χ3n) is 6.09. The van der Waals surface area contributed by atoms with Gasteiger partial charge in [-0.3, -0.25) is 4.79 Å². The maximum absolute atomic E-state index is 12.1. The number of hydrogen-bond acceptors (Lipinski definition) is 1. The van der Waals surface area contributed by atoms with Gasteiger partial charge in [-0.05, 0) is 79.8 Å². The summed E-state index contributed by atoms with van der Waals surface area (Å²) in [5.41, 5.74) is 1.31. The molecule has 0 aliphatic heterocycles. The van der Waals surface area contributed by atoms with Crippen molar-refractivity contribution in [1.29, 1.82) is 0 Å². The Balaban J connectivity index is 2.29. The number of hydrogen-bond donors (Lipinski definition) is 0. The van der Waals surface area contributed by atoms with E-state index in [1.54, 1.807) is 6.08 Å². The lowest BCUT2D eigenvalue weighted by molar-refractivity contribution is -0.111. The van der Waals surface area contributed by atoms with E-state index in [9.17, 15) is 4.79 Å². The third kappa shape index (κ3) is 3.67. The summed E-state index contributed by atoms with van der Waals surface area (Å²) in [4.78, 5) is 12.1. The lowest BCUT2D eigenvalue weighted by Gasteiger charge is -2.35. The van der Waals surface area contributed by atoms with Crippen LogP contribution in [-0.2, 0) is 4.79 Å². The molecule has 0 bridgehead atoms. The summed E-state index contributed by atoms with van der Waals surface area (Å²) in [5.74, 6) is 3.15. The minimum atomic E-state index is 0.197. The van der Waals surface area contributed by atoms with Gasteiger partial charge in [0.15, 0.2) is 5.78 Å². The van der Waals surface area contributed by atoms with Gasteiger partial charge in [0.05, 0.1) is 0 Å². The topological polar surface area (TPSA) is 17.1 Å². The molecule has 0 heterocycles. The van der Waals surface area contributed by atoms with Crippen LogP contribution in [0.4, 0.5) is 0 Å². The maximum Gasteiger partial charge on any atom is 0.180 e. The van der Waals surface area contributed by atoms with Crippen LogP contribution in [0.5, 0.6) is 0 Å². The molecule has 21 heavy (non-hydrogen) atoms. The molecule has 0 aromatic carbocycles. The fourth-order valence-corrected chi connectivity index (χ4v) is 4.42. The molecule has 0 unspecified atom stereocenters. The first-order valence-corrected chi connectivity index (χ1v) is 8.73. The lowest BCUT2D eigenvalue weighted by Crippen LogP contribution is -2.27. The molecule has 0 amide bonds. The van der Waals surface area contributed by atoms with E-state index in [2.05, 4.69) is 39.8 Å². The zero-order chi connectivity index (χ0) is 15.6. The molecule has 2 aliphatic rings. The van der Waals surface area contributed by atoms with E-state index in [-0.39, 0.29) is 5.78 Å². The van der Waals surface area contributed by atoms with Gasteiger partial charge in [-0.2, -0.15) is 0 Å². The Morgan fingerprint density at radius 1 is 1.24 bits per heavy atom. The molecule has 4 atom stereocenters. The van der Waals surface area contributed by atoms with Crippen LogP contribution in [0.3, 0.4) is 0 Å². The molecule has 0 saturated heterocycles. The Bertz CT molecular complexity index is 443. The number of ketones is 1. The normalized spacial score (nSPS) is 42.1. The summed E-state index contributed by atoms with van der Waals surface area (Å²) < 4.78 is 0. The second-order valence-electron chi connectivity index (χ2n) is 8.08. The quantitative estimate of drug-likeness (QED) is 0.616. The first-order valence-electron chi connectivity index (χ1n) is 8.73. The third-order valence-corrected chi connectivity index (χ3v) is 6.09. The number of fused-ring (bicyclic) bond motifs is 1. The van der Waals surface area contributed by atoms with Crippen molar-refractivity contribution in [2.24, 2.45) is 29.1 Å². The van der Waals surface area contributed by atoms with Crippen molar-refractivity contribution in [3.63, 3.8) is 0 Å². The van der Waals surface area contributed by atoms with Crippen molar-refractivity contribution in [3.8, 4) is 0 Å². The summed E-state index contributed by atoms with van der Waals surface area (Å²) in [5, 5.41) is 0. The van der Waals surface area contributed by atoms with Crippen LogP contribution in [0.2, 0.25) is 0 Å². The van der Waals surface area contributed by atoms with Crippen molar-refractivity contribution < 1.29 is 4.79 Å². The van der Waals surface area contributed by atoms with E-state index in [4.69, 9.17) is 0 Å². The SMILES string of the molecule is C/C1=C\C[C@@]2(C)CC[C@H](C(C)C)[C@@H]2CC[C@@H](C)/C=C\C1=O. The van der Waals surface area contributed by atoms with Gasteiger partial charge in [0, 0.05) is 0 Å². The number of rotatable bonds is 1. The summed E-state index contributed by atoms with van der Waals surface area (Å²) in [6.45, 7) is 11.5. The lowest BCUT2D eigenvalue weighted by atomic mass is 9.69. The fourth-order valence-electron chi connectivity index (χ4n) is 4.42. The van der Waals surface area contributed by atoms with Gasteiger partial charge >= 0.3 is 0 Å². The van der Waals surface area contributed by atoms with Crippen LogP contribution >= 0.6 is 0 Å². The Hall–Kier alpha value is -0.850. The van der Waals surface area contributed by atoms with E-state index in [1.165, 1.54) is 25.7 Å². The molecule has 1 saturated carbocycles. The first-order chi connectivity index (χ1) is 9.83. The van der Waals surface area contributed by atoms with Crippen molar-refractivity contribution in [2.75, 3.05) is 0 Å². The Labute approximate surface area is 130 Å². The Morgan fingerprint density at radius 3 is 2.62 bits per heavy atom. The molecule has 2 rings (SSSR count). The summed E-state index contributed by atoms with van der Waals surface area (Å²) in [7, 11) is 0. The van der Waals surface area contributed by atoms with Gasteiger partial charge in [-0.1, -0.05) is 39.8 Å². The standard InChI is InChI=1S/C20H32O/c1-14(2)17-11-13-20(5)12-10-16(4)19(21)9-7-15(3)6-8-18(17)20/h7,9-10,14-15,17-18H,6,8,11-13H2,1-5H3/b9-7-,16-10+/t15-,17-,18+,20+/m1/s1. The Kier molecular flexibility index (Phi) is 5.11. The van der Waals surface area contributed by atoms with Crippen LogP contribution in [0.25, 0.3) is 0 Å². The molecule has 0 aromatic rings. The van der Waals surface area contributed by atoms with Gasteiger partial charge in [-0.25, -0.2) is 0 Å². The van der Waals surface area contributed by atoms with Gasteiger partial charge in [0.1, 0.15) is 0 Å². The van der Waals surface area contributed by atoms with Crippen LogP contribution < -0.4 is 0 Å². The van der Waals surface area contributed by atoms with E-state index in [0.717, 1.165) is 29.7 Å². The highest BCUT2D eigenvalue weighted by Gasteiger charge is 2.44. The van der Waals surface area contributed by atoms with Crippen LogP contribution in [-0.4, -0.2) is 5.78 Å². The average molecular weight is 288 g/mol. The molecule has 2 aliphatic carbocycles. The predicted molar refractivity (Wildman–Crippen MR) is 90.1 cm³/mol. The van der Waals surface area contributed by atoms with Crippen LogP contribution in [0.1, 0.15) is 66.7 Å². The molecule has 118 valence electrons. The van der Waals surface area contributed by atoms with E-state index in [0.29, 0.717) is 11.3 Å². The fraction of sp³-hybridized carbons (Fsp3) is 0.750. The summed E-state index contributed by atoms with van der Waals surface area (Å²) >= 11 is 0. The highest BCUT2D eigenvalue weighted by molar-refractivity contribution is 6.03. The Morgan fingerprint density at radius 2 is 1.95 bits per heavy atom. The van der Waals surface area contributed by atoms with Crippen molar-refractivity contribution in [1.82, 2.24) is 0 Å². The van der Waals surface area contributed by atoms with E-state index < -0.39 is 0 Å². The van der Waals surface area contributed by atoms with Gasteiger partial charge < -0.3 is 0 Å². The molecule has 1 fully saturated rings. The summed E-state index contributed by atoms with van der Waals surface area (Å²) in [6.07, 6.45) is 12.4. The van der Waals surface area contributed by atoms with Gasteiger partial charge in [-0.15, -0.1) is 0 Å². The largest absolute Gasteiger partial charge is 0.290 e. The second kappa shape index (κ2) is 6.50. The monoisotopic (exact) mass is 288 g/mol. The molecular formula is C20H32O. The molecule has 1 heteroatoms. The molecular weight excluding hydrogens is 256 g/mol. The minimum Gasteiger partial charge on any atom is -0.290 e.